The fourth-order valence-corrected chi connectivity index (χ4v) is 1.31. The van der Waals surface area contributed by atoms with E-state index < -0.39 is 0 Å². The predicted molar refractivity (Wildman–Crippen MR) is 68.2 cm³/mol. The lowest BCUT2D eigenvalue weighted by Crippen LogP contribution is -1.91. The van der Waals surface area contributed by atoms with Gasteiger partial charge in [-0.2, -0.15) is 0 Å². The van der Waals surface area contributed by atoms with Crippen LogP contribution in [0.2, 0.25) is 0 Å². The highest BCUT2D eigenvalue weighted by Gasteiger charge is 2.02. The van der Waals surface area contributed by atoms with E-state index in [2.05, 4.69) is 4.99 Å². The summed E-state index contributed by atoms with van der Waals surface area (Å²) in [7, 11) is 0. The minimum atomic E-state index is -0.109. The number of benzene rings is 1. The Morgan fingerprint density at radius 1 is 1.00 bits per heavy atom. The summed E-state index contributed by atoms with van der Waals surface area (Å²) >= 11 is 22.4. The molecule has 0 unspecified atom stereocenters. The fourth-order valence-electron chi connectivity index (χ4n) is 0.884. The molecule has 0 aliphatic carbocycles. The SMILES string of the molecule is Cc1ccc(C(Cl)=NC(Cl)=C(Cl)Cl)cc1. The van der Waals surface area contributed by atoms with E-state index in [9.17, 15) is 0 Å². The zero-order chi connectivity index (χ0) is 11.4. The third kappa shape index (κ3) is 4.04. The summed E-state index contributed by atoms with van der Waals surface area (Å²) in [6.45, 7) is 1.98. The smallest absolute Gasteiger partial charge is 0.160 e. The topological polar surface area (TPSA) is 12.4 Å². The molecule has 80 valence electrons. The highest BCUT2D eigenvalue weighted by Crippen LogP contribution is 2.20. The highest BCUT2D eigenvalue weighted by molar-refractivity contribution is 6.70. The van der Waals surface area contributed by atoms with Crippen molar-refractivity contribution < 1.29 is 0 Å². The van der Waals surface area contributed by atoms with Crippen LogP contribution in [0, 0.1) is 6.92 Å². The van der Waals surface area contributed by atoms with Crippen LogP contribution in [0.15, 0.2) is 38.9 Å². The Hall–Kier alpha value is -0.210. The molecule has 1 nitrogen and oxygen atoms in total. The van der Waals surface area contributed by atoms with Crippen LogP contribution < -0.4 is 0 Å². The molecule has 0 N–H and O–H groups in total. The van der Waals surface area contributed by atoms with E-state index in [1.54, 1.807) is 0 Å². The van der Waals surface area contributed by atoms with E-state index in [0.717, 1.165) is 11.1 Å². The van der Waals surface area contributed by atoms with Gasteiger partial charge in [0.1, 0.15) is 9.66 Å². The Bertz CT molecular complexity index is 402. The number of aryl methyl sites for hydroxylation is 1. The van der Waals surface area contributed by atoms with E-state index in [1.807, 2.05) is 31.2 Å². The van der Waals surface area contributed by atoms with Crippen molar-refractivity contribution in [2.75, 3.05) is 0 Å². The van der Waals surface area contributed by atoms with Gasteiger partial charge >= 0.3 is 0 Å². The van der Waals surface area contributed by atoms with Gasteiger partial charge in [0.25, 0.3) is 0 Å². The van der Waals surface area contributed by atoms with Crippen molar-refractivity contribution in [1.82, 2.24) is 0 Å². The molecule has 1 rings (SSSR count). The number of rotatable bonds is 2. The molecule has 0 aliphatic heterocycles. The van der Waals surface area contributed by atoms with Crippen LogP contribution in [-0.2, 0) is 0 Å². The minimum absolute atomic E-state index is 0.0242. The zero-order valence-electron chi connectivity index (χ0n) is 7.77. The fraction of sp³-hybridized carbons (Fsp3) is 0.100. The van der Waals surface area contributed by atoms with Crippen LogP contribution in [-0.4, -0.2) is 5.17 Å². The molecule has 0 radical (unpaired) electrons. The Kier molecular flexibility index (Phi) is 4.94. The summed E-state index contributed by atoms with van der Waals surface area (Å²) in [5.41, 5.74) is 1.90. The molecule has 0 saturated carbocycles. The maximum Gasteiger partial charge on any atom is 0.160 e. The third-order valence-electron chi connectivity index (χ3n) is 1.64. The highest BCUT2D eigenvalue weighted by atomic mass is 35.5. The summed E-state index contributed by atoms with van der Waals surface area (Å²) in [5, 5.41) is 0.225. The molecule has 0 saturated heterocycles. The maximum atomic E-state index is 5.91. The number of aliphatic imine (C=N–C) groups is 1. The Labute approximate surface area is 108 Å². The Morgan fingerprint density at radius 2 is 1.53 bits per heavy atom. The van der Waals surface area contributed by atoms with Crippen LogP contribution in [0.5, 0.6) is 0 Å². The monoisotopic (exact) mass is 281 g/mol. The van der Waals surface area contributed by atoms with Crippen molar-refractivity contribution in [3.05, 3.63) is 45.0 Å². The van der Waals surface area contributed by atoms with E-state index in [-0.39, 0.29) is 14.8 Å². The number of hydrogen-bond donors (Lipinski definition) is 0. The second-order valence-electron chi connectivity index (χ2n) is 2.82. The maximum absolute atomic E-state index is 5.91. The normalized spacial score (nSPS) is 11.4. The van der Waals surface area contributed by atoms with Crippen molar-refractivity contribution >= 4 is 51.6 Å². The summed E-state index contributed by atoms with van der Waals surface area (Å²) in [6, 6.07) is 7.53. The van der Waals surface area contributed by atoms with Crippen molar-refractivity contribution in [3.8, 4) is 0 Å². The molecule has 1 aromatic rings. The van der Waals surface area contributed by atoms with Crippen LogP contribution in [0.4, 0.5) is 0 Å². The number of halogens is 4. The first-order chi connectivity index (χ1) is 7.00. The van der Waals surface area contributed by atoms with Gasteiger partial charge in [-0.25, -0.2) is 4.99 Å². The van der Waals surface area contributed by atoms with Gasteiger partial charge in [-0.05, 0) is 6.92 Å². The molecule has 0 aliphatic rings. The van der Waals surface area contributed by atoms with Gasteiger partial charge in [0.05, 0.1) is 0 Å². The van der Waals surface area contributed by atoms with Crippen molar-refractivity contribution in [2.24, 2.45) is 4.99 Å². The molecule has 0 spiro atoms. The molecule has 5 heteroatoms. The van der Waals surface area contributed by atoms with Crippen LogP contribution in [0.1, 0.15) is 11.1 Å². The quantitative estimate of drug-likeness (QED) is 0.545. The average Bonchev–Trinajstić information content (AvgIpc) is 2.18. The van der Waals surface area contributed by atoms with Crippen LogP contribution in [0.25, 0.3) is 0 Å². The van der Waals surface area contributed by atoms with E-state index >= 15 is 0 Å². The molecule has 0 aromatic heterocycles. The van der Waals surface area contributed by atoms with Crippen LogP contribution >= 0.6 is 46.4 Å². The lowest BCUT2D eigenvalue weighted by atomic mass is 10.2. The zero-order valence-corrected chi connectivity index (χ0v) is 10.8. The lowest BCUT2D eigenvalue weighted by molar-refractivity contribution is 1.45. The molecule has 15 heavy (non-hydrogen) atoms. The molecule has 1 aromatic carbocycles. The molecule has 0 heterocycles. The molecule has 0 bridgehead atoms. The van der Waals surface area contributed by atoms with Crippen molar-refractivity contribution in [2.45, 2.75) is 6.92 Å². The van der Waals surface area contributed by atoms with Crippen molar-refractivity contribution in [1.29, 1.82) is 0 Å². The Balaban J connectivity index is 2.99. The Morgan fingerprint density at radius 3 is 2.00 bits per heavy atom. The number of nitrogens with zero attached hydrogens (tertiary/aromatic N) is 1. The first-order valence-electron chi connectivity index (χ1n) is 4.02. The summed E-state index contributed by atoms with van der Waals surface area (Å²) in [4.78, 5) is 3.84. The molecule has 0 atom stereocenters. The van der Waals surface area contributed by atoms with Gasteiger partial charge in [0, 0.05) is 5.56 Å². The van der Waals surface area contributed by atoms with E-state index in [4.69, 9.17) is 46.4 Å². The summed E-state index contributed by atoms with van der Waals surface area (Å²) < 4.78 is -0.109. The lowest BCUT2D eigenvalue weighted by Gasteiger charge is -1.99. The first-order valence-corrected chi connectivity index (χ1v) is 5.54. The van der Waals surface area contributed by atoms with Gasteiger partial charge in [-0.3, -0.25) is 0 Å². The molecular formula is C10H7Cl4N. The summed E-state index contributed by atoms with van der Waals surface area (Å²) in [5.74, 6) is 0. The van der Waals surface area contributed by atoms with E-state index in [0.29, 0.717) is 0 Å². The van der Waals surface area contributed by atoms with Gasteiger partial charge in [0.15, 0.2) is 5.16 Å². The standard InChI is InChI=1S/C10H7Cl4N/c1-6-2-4-7(5-3-6)9(13)15-10(14)8(11)12/h2-5H,1H3. The molecular weight excluding hydrogens is 276 g/mol. The summed E-state index contributed by atoms with van der Waals surface area (Å²) in [6.07, 6.45) is 0. The van der Waals surface area contributed by atoms with Gasteiger partial charge in [0.2, 0.25) is 0 Å². The average molecular weight is 283 g/mol. The van der Waals surface area contributed by atoms with Gasteiger partial charge in [-0.15, -0.1) is 0 Å². The predicted octanol–water partition coefficient (Wildman–Crippen LogP) is 4.82. The van der Waals surface area contributed by atoms with Gasteiger partial charge in [-0.1, -0.05) is 76.2 Å². The second-order valence-corrected chi connectivity index (χ2v) is 4.49. The van der Waals surface area contributed by atoms with E-state index in [1.165, 1.54) is 0 Å². The third-order valence-corrected chi connectivity index (χ3v) is 2.77. The molecule has 0 fully saturated rings. The largest absolute Gasteiger partial charge is 0.221 e. The van der Waals surface area contributed by atoms with Crippen molar-refractivity contribution in [3.63, 3.8) is 0 Å². The minimum Gasteiger partial charge on any atom is -0.221 e. The second kappa shape index (κ2) is 5.76. The molecule has 0 amide bonds. The first kappa shape index (κ1) is 12.9. The number of hydrogen-bond acceptors (Lipinski definition) is 1. The van der Waals surface area contributed by atoms with Crippen LogP contribution in [0.3, 0.4) is 0 Å². The van der Waals surface area contributed by atoms with Gasteiger partial charge < -0.3 is 0 Å².